The highest BCUT2D eigenvalue weighted by atomic mass is 16.5. The second-order valence-corrected chi connectivity index (χ2v) is 23.0. The number of aliphatic hydroxyl groups is 2. The summed E-state index contributed by atoms with van der Waals surface area (Å²) in [6, 6.07) is 34.7. The molecular formula is C67H60N34O9. The topological polar surface area (TPSA) is 573 Å². The lowest BCUT2D eigenvalue weighted by atomic mass is 10.1. The van der Waals surface area contributed by atoms with E-state index in [1.165, 1.54) is 53.1 Å². The van der Waals surface area contributed by atoms with E-state index in [4.69, 9.17) is 32.4 Å². The summed E-state index contributed by atoms with van der Waals surface area (Å²) in [6.07, 6.45) is 5.45. The van der Waals surface area contributed by atoms with Gasteiger partial charge in [0.2, 0.25) is 0 Å². The largest absolute Gasteiger partial charge is 0.479 e. The molecule has 0 radical (unpaired) electrons. The summed E-state index contributed by atoms with van der Waals surface area (Å²) in [5.74, 6) is -2.59. The molecule has 14 rings (SSSR count). The number of ketones is 1. The Kier molecular flexibility index (Phi) is 20.3. The zero-order chi connectivity index (χ0) is 77.6. The van der Waals surface area contributed by atoms with Gasteiger partial charge in [-0.3, -0.25) is 4.79 Å². The molecule has 0 fully saturated rings. The van der Waals surface area contributed by atoms with Crippen molar-refractivity contribution in [3.05, 3.63) is 198 Å². The summed E-state index contributed by atoms with van der Waals surface area (Å²) < 4.78 is 20.0. The number of nitrogens with zero attached hydrogens (tertiary/aromatic N) is 30. The van der Waals surface area contributed by atoms with E-state index >= 15 is 0 Å². The van der Waals surface area contributed by atoms with Crippen molar-refractivity contribution in [2.24, 2.45) is 40.9 Å². The molecule has 0 atom stereocenters. The van der Waals surface area contributed by atoms with Gasteiger partial charge in [-0.2, -0.15) is 89.4 Å². The number of ether oxygens (including phenoxy) is 2. The monoisotopic (exact) mass is 1480 g/mol. The molecule has 43 heteroatoms. The first-order valence-corrected chi connectivity index (χ1v) is 32.3. The van der Waals surface area contributed by atoms with Crippen LogP contribution in [0.2, 0.25) is 0 Å². The summed E-state index contributed by atoms with van der Waals surface area (Å²) in [5.41, 5.74) is 31.1. The van der Waals surface area contributed by atoms with Gasteiger partial charge in [0.25, 0.3) is 23.8 Å². The number of aryl methyl sites for hydroxylation is 4. The van der Waals surface area contributed by atoms with E-state index in [-0.39, 0.29) is 116 Å². The smallest absolute Gasteiger partial charge is 0.343 e. The van der Waals surface area contributed by atoms with Gasteiger partial charge in [-0.05, 0) is 81.8 Å². The SMILES string of the molecule is C=C(CO)c1cnn(-c2ccccc2)c1N=Nc1c(C)nn(-c2nc(O)nc(-n3nc(C)c(N=Nc4c(C(=O)OC)cnn4-c4ccccc4)c3N)n2)c1N.COC(=O)c1cnn(-c2ccccc2)c1N=Nc1c(C)nn(-c2nc(O)nc(-n3nc(C)c(N=Nc4c(C(=O)CO)cnn4-c4ccccc4)c3N)n2)c1N. The summed E-state index contributed by atoms with van der Waals surface area (Å²) in [5, 5.41) is 110. The minimum atomic E-state index is -0.770. The van der Waals surface area contributed by atoms with Crippen LogP contribution in [0.4, 0.5) is 69.3 Å². The van der Waals surface area contributed by atoms with E-state index in [0.29, 0.717) is 56.8 Å². The van der Waals surface area contributed by atoms with Gasteiger partial charge in [-0.15, -0.1) is 40.9 Å². The van der Waals surface area contributed by atoms with Crippen LogP contribution in [0.3, 0.4) is 0 Å². The van der Waals surface area contributed by atoms with Gasteiger partial charge in [-0.1, -0.05) is 79.4 Å². The molecule has 10 aromatic heterocycles. The Morgan fingerprint density at radius 2 is 0.627 bits per heavy atom. The predicted octanol–water partition coefficient (Wildman–Crippen LogP) is 8.62. The minimum absolute atomic E-state index is 0.0262. The van der Waals surface area contributed by atoms with Gasteiger partial charge >= 0.3 is 24.0 Å². The van der Waals surface area contributed by atoms with Gasteiger partial charge in [0.15, 0.2) is 75.1 Å². The van der Waals surface area contributed by atoms with Crippen LogP contribution >= 0.6 is 0 Å². The summed E-state index contributed by atoms with van der Waals surface area (Å²) >= 11 is 0. The lowest BCUT2D eigenvalue weighted by Crippen LogP contribution is -2.13. The standard InChI is InChI=1S/C34H31N17O4.C33H29N17O5/c1-18(17-52)23-15-37-48(21-11-7-5-8-12-21)29(23)44-42-25-19(2)46-50(27(25)35)32-39-33(41-34(54)40-32)51-28(36)26(20(3)47-51)43-45-30-24(31(53)55-4)16-38-49(30)22-13-9-6-10-14-22;1-17-24(41-43-28-21(23(52)16-51)14-36-47(28)19-10-6-4-7-11-19)26(34)49(45-17)31-38-32(40-33(54)39-31)50-27(35)25(18(2)46-50)42-44-29-22(30(53)55-3)15-37-48(29)20-12-8-5-9-13-20/h5-16,52H,1,17,35-36H2,2-4H3,(H,39,40,41,54);4-15,51H,16,34-35H2,1-3H3,(H,38,39,40,54). The predicted molar refractivity (Wildman–Crippen MR) is 389 cm³/mol. The van der Waals surface area contributed by atoms with Gasteiger partial charge in [0.1, 0.15) is 17.7 Å². The summed E-state index contributed by atoms with van der Waals surface area (Å²) in [7, 11) is 2.48. The number of azo groups is 4. The number of Topliss-reactive ketones (excluding diaryl/α,β-unsaturated/α-hetero) is 1. The van der Waals surface area contributed by atoms with Crippen molar-refractivity contribution in [1.29, 1.82) is 0 Å². The molecule has 0 saturated heterocycles. The Labute approximate surface area is 617 Å². The number of anilines is 4. The van der Waals surface area contributed by atoms with Crippen LogP contribution in [0.5, 0.6) is 12.0 Å². The van der Waals surface area contributed by atoms with E-state index in [9.17, 15) is 34.8 Å². The lowest BCUT2D eigenvalue weighted by molar-refractivity contribution is 0.0592. The van der Waals surface area contributed by atoms with Crippen LogP contribution in [-0.2, 0) is 9.47 Å². The van der Waals surface area contributed by atoms with Gasteiger partial charge in [-0.25, -0.2) is 28.3 Å². The highest BCUT2D eigenvalue weighted by molar-refractivity contribution is 6.01. The van der Waals surface area contributed by atoms with Crippen molar-refractivity contribution in [1.82, 2.24) is 108 Å². The Morgan fingerprint density at radius 3 is 0.891 bits per heavy atom. The first-order valence-electron chi connectivity index (χ1n) is 32.3. The Balaban J connectivity index is 0.000000193. The number of carbonyl (C=O) groups is 3. The highest BCUT2D eigenvalue weighted by Crippen LogP contribution is 2.39. The molecule has 12 N–H and O–H groups in total. The van der Waals surface area contributed by atoms with Crippen molar-refractivity contribution >= 4 is 92.6 Å². The molecule has 14 aromatic rings. The number of para-hydroxylation sites is 4. The number of rotatable bonds is 22. The second-order valence-electron chi connectivity index (χ2n) is 23.0. The normalized spacial score (nSPS) is 11.6. The number of aliphatic hydroxyl groups excluding tert-OH is 2. The molecule has 0 spiro atoms. The first-order chi connectivity index (χ1) is 53.2. The summed E-state index contributed by atoms with van der Waals surface area (Å²) in [4.78, 5) is 62.3. The van der Waals surface area contributed by atoms with Crippen molar-refractivity contribution in [3.8, 4) is 58.6 Å². The highest BCUT2D eigenvalue weighted by Gasteiger charge is 2.28. The average molecular weight is 1490 g/mol. The molecule has 0 saturated carbocycles. The quantitative estimate of drug-likeness (QED) is 0.0179. The van der Waals surface area contributed by atoms with E-state index in [1.54, 1.807) is 105 Å². The molecule has 43 nitrogen and oxygen atoms in total. The van der Waals surface area contributed by atoms with E-state index in [1.807, 2.05) is 48.5 Å². The fourth-order valence-electron chi connectivity index (χ4n) is 10.6. The zero-order valence-corrected chi connectivity index (χ0v) is 58.5. The molecule has 0 amide bonds. The van der Waals surface area contributed by atoms with Crippen LogP contribution in [-0.4, -0.2) is 174 Å². The van der Waals surface area contributed by atoms with E-state index in [2.05, 4.69) is 118 Å². The third-order valence-electron chi connectivity index (χ3n) is 16.0. The number of benzene rings is 4. The summed E-state index contributed by atoms with van der Waals surface area (Å²) in [6.45, 7) is 9.28. The maximum Gasteiger partial charge on any atom is 0.343 e. The number of esters is 2. The number of nitrogen functional groups attached to an aromatic ring is 4. The van der Waals surface area contributed by atoms with E-state index < -0.39 is 36.3 Å². The molecule has 0 unspecified atom stereocenters. The Morgan fingerprint density at radius 1 is 0.373 bits per heavy atom. The molecule has 0 aliphatic heterocycles. The third kappa shape index (κ3) is 14.2. The van der Waals surface area contributed by atoms with Crippen LogP contribution in [0.15, 0.2) is 194 Å². The van der Waals surface area contributed by atoms with Crippen LogP contribution in [0.25, 0.3) is 52.1 Å². The number of hydrogen-bond acceptors (Lipinski definition) is 35. The number of carbonyl (C=O) groups excluding carboxylic acids is 3. The van der Waals surface area contributed by atoms with Crippen molar-refractivity contribution in [3.63, 3.8) is 0 Å². The fourth-order valence-corrected chi connectivity index (χ4v) is 10.6. The molecule has 0 bridgehead atoms. The van der Waals surface area contributed by atoms with Crippen LogP contribution < -0.4 is 22.9 Å². The zero-order valence-electron chi connectivity index (χ0n) is 58.5. The lowest BCUT2D eigenvalue weighted by Gasteiger charge is -2.07. The molecule has 4 aromatic carbocycles. The molecular weight excluding hydrogens is 1420 g/mol. The van der Waals surface area contributed by atoms with Gasteiger partial charge < -0.3 is 52.8 Å². The molecule has 110 heavy (non-hydrogen) atoms. The molecule has 0 aliphatic carbocycles. The number of aromatic hydroxyl groups is 2. The Hall–Kier alpha value is -16.0. The van der Waals surface area contributed by atoms with E-state index in [0.717, 1.165) is 18.7 Å². The fraction of sp³-hybridized carbons (Fsp3) is 0.119. The van der Waals surface area contributed by atoms with Crippen molar-refractivity contribution in [2.45, 2.75) is 27.7 Å². The maximum atomic E-state index is 12.5. The van der Waals surface area contributed by atoms with Crippen molar-refractivity contribution < 1.29 is 44.3 Å². The minimum Gasteiger partial charge on any atom is -0.479 e. The third-order valence-corrected chi connectivity index (χ3v) is 16.0. The van der Waals surface area contributed by atoms with Crippen LogP contribution in [0, 0.1) is 27.7 Å². The average Bonchev–Trinajstić information content (AvgIpc) is 1.62. The molecule has 0 aliphatic rings. The second kappa shape index (κ2) is 30.8. The number of hydrogen-bond donors (Lipinski definition) is 8. The number of nitrogens with two attached hydrogens (primary N) is 4. The maximum absolute atomic E-state index is 12.5. The van der Waals surface area contributed by atoms with Gasteiger partial charge in [0, 0.05) is 5.56 Å². The molecule has 10 heterocycles. The Bertz CT molecular complexity index is 5250. The molecule has 552 valence electrons. The first kappa shape index (κ1) is 72.4. The number of aromatic nitrogens is 22. The van der Waals surface area contributed by atoms with Crippen molar-refractivity contribution in [2.75, 3.05) is 50.4 Å². The number of methoxy groups -OCH3 is 2. The van der Waals surface area contributed by atoms with Gasteiger partial charge in [0.05, 0.1) is 96.7 Å². The van der Waals surface area contributed by atoms with Crippen LogP contribution in [0.1, 0.15) is 59.4 Å².